The molecule has 9 heteroatoms. The van der Waals surface area contributed by atoms with Gasteiger partial charge < -0.3 is 19.9 Å². The van der Waals surface area contributed by atoms with Crippen molar-refractivity contribution in [2.24, 2.45) is 0 Å². The van der Waals surface area contributed by atoms with E-state index in [1.54, 1.807) is 19.1 Å². The van der Waals surface area contributed by atoms with E-state index in [4.69, 9.17) is 9.26 Å². The lowest BCUT2D eigenvalue weighted by Crippen LogP contribution is -2.48. The summed E-state index contributed by atoms with van der Waals surface area (Å²) in [6, 6.07) is 5.33. The largest absolute Gasteiger partial charge is 0.374 e. The number of urea groups is 1. The van der Waals surface area contributed by atoms with E-state index in [0.717, 1.165) is 11.8 Å². The molecular formula is C18H22F2N4O3. The molecule has 2 heterocycles. The van der Waals surface area contributed by atoms with Crippen molar-refractivity contribution in [1.82, 2.24) is 20.7 Å². The molecule has 0 saturated carbocycles. The molecule has 1 atom stereocenters. The van der Waals surface area contributed by atoms with Crippen molar-refractivity contribution in [3.05, 3.63) is 52.9 Å². The number of amides is 2. The second kappa shape index (κ2) is 8.92. The maximum absolute atomic E-state index is 13.3. The summed E-state index contributed by atoms with van der Waals surface area (Å²) < 4.78 is 37.0. The van der Waals surface area contributed by atoms with E-state index in [2.05, 4.69) is 20.7 Å². The first kappa shape index (κ1) is 19.2. The van der Waals surface area contributed by atoms with Crippen molar-refractivity contribution >= 4 is 6.03 Å². The number of aryl methyl sites for hydroxylation is 1. The number of morpholine rings is 1. The van der Waals surface area contributed by atoms with Crippen LogP contribution in [0.1, 0.15) is 17.0 Å². The lowest BCUT2D eigenvalue weighted by atomic mass is 10.1. The fraction of sp³-hybridized carbons (Fsp3) is 0.444. The van der Waals surface area contributed by atoms with Gasteiger partial charge in [-0.15, -0.1) is 0 Å². The molecule has 1 fully saturated rings. The number of nitrogens with one attached hydrogen (secondary N) is 2. The van der Waals surface area contributed by atoms with E-state index in [-0.39, 0.29) is 18.7 Å². The summed E-state index contributed by atoms with van der Waals surface area (Å²) in [5.74, 6) is -1.12. The van der Waals surface area contributed by atoms with Crippen molar-refractivity contribution in [3.63, 3.8) is 0 Å². The maximum atomic E-state index is 13.3. The molecule has 7 nitrogen and oxygen atoms in total. The van der Waals surface area contributed by atoms with Crippen LogP contribution in [-0.2, 0) is 17.8 Å². The number of aromatic nitrogens is 1. The van der Waals surface area contributed by atoms with E-state index in [9.17, 15) is 13.6 Å². The fourth-order valence-electron chi connectivity index (χ4n) is 2.88. The Kier molecular flexibility index (Phi) is 6.36. The van der Waals surface area contributed by atoms with Crippen LogP contribution in [-0.4, -0.2) is 48.4 Å². The van der Waals surface area contributed by atoms with Crippen LogP contribution in [0.2, 0.25) is 0 Å². The number of carbonyl (C=O) groups is 1. The van der Waals surface area contributed by atoms with Gasteiger partial charge in [0.15, 0.2) is 17.4 Å². The Labute approximate surface area is 155 Å². The van der Waals surface area contributed by atoms with Gasteiger partial charge >= 0.3 is 6.03 Å². The zero-order valence-electron chi connectivity index (χ0n) is 15.0. The molecular weight excluding hydrogens is 358 g/mol. The van der Waals surface area contributed by atoms with Gasteiger partial charge in [0.1, 0.15) is 0 Å². The van der Waals surface area contributed by atoms with Gasteiger partial charge in [0, 0.05) is 32.2 Å². The number of hydrogen-bond donors (Lipinski definition) is 2. The standard InChI is InChI=1S/C18H22F2N4O3/c1-12-6-14(27-23-12)8-21-18(25)22-9-15-11-24(4-5-26-15)10-13-2-3-16(19)17(20)7-13/h2-3,6-7,15H,4-5,8-11H2,1H3,(H2,21,22,25)/t15-/m0/s1. The number of hydrogen-bond acceptors (Lipinski definition) is 5. The first-order valence-electron chi connectivity index (χ1n) is 8.71. The number of carbonyl (C=O) groups excluding carboxylic acids is 1. The number of benzene rings is 1. The molecule has 0 aliphatic carbocycles. The highest BCUT2D eigenvalue weighted by Crippen LogP contribution is 2.13. The predicted molar refractivity (Wildman–Crippen MR) is 92.9 cm³/mol. The third kappa shape index (κ3) is 5.73. The Morgan fingerprint density at radius 1 is 1.30 bits per heavy atom. The smallest absolute Gasteiger partial charge is 0.315 e. The van der Waals surface area contributed by atoms with E-state index >= 15 is 0 Å². The highest BCUT2D eigenvalue weighted by atomic mass is 19.2. The molecule has 27 heavy (non-hydrogen) atoms. The zero-order chi connectivity index (χ0) is 19.2. The second-order valence-electron chi connectivity index (χ2n) is 6.47. The Morgan fingerprint density at radius 3 is 2.89 bits per heavy atom. The van der Waals surface area contributed by atoms with Crippen molar-refractivity contribution in [1.29, 1.82) is 0 Å². The highest BCUT2D eigenvalue weighted by Gasteiger charge is 2.21. The van der Waals surface area contributed by atoms with Crippen molar-refractivity contribution in [2.75, 3.05) is 26.2 Å². The lowest BCUT2D eigenvalue weighted by Gasteiger charge is -2.33. The van der Waals surface area contributed by atoms with Gasteiger partial charge in [-0.1, -0.05) is 11.2 Å². The first-order valence-corrected chi connectivity index (χ1v) is 8.71. The van der Waals surface area contributed by atoms with Crippen LogP contribution in [0.25, 0.3) is 0 Å². The number of nitrogens with zero attached hydrogens (tertiary/aromatic N) is 2. The van der Waals surface area contributed by atoms with Crippen LogP contribution in [0.5, 0.6) is 0 Å². The average Bonchev–Trinajstić information content (AvgIpc) is 3.07. The molecule has 1 saturated heterocycles. The van der Waals surface area contributed by atoms with Crippen LogP contribution in [0.3, 0.4) is 0 Å². The summed E-state index contributed by atoms with van der Waals surface area (Å²) in [7, 11) is 0. The fourth-order valence-corrected chi connectivity index (χ4v) is 2.88. The number of ether oxygens (including phenoxy) is 1. The molecule has 0 spiro atoms. The predicted octanol–water partition coefficient (Wildman–Crippen LogP) is 1.96. The van der Waals surface area contributed by atoms with Gasteiger partial charge in [-0.25, -0.2) is 13.6 Å². The summed E-state index contributed by atoms with van der Waals surface area (Å²) in [6.45, 7) is 4.67. The van der Waals surface area contributed by atoms with Crippen LogP contribution in [0.15, 0.2) is 28.8 Å². The molecule has 0 unspecified atom stereocenters. The first-order chi connectivity index (χ1) is 13.0. The summed E-state index contributed by atoms with van der Waals surface area (Å²) in [4.78, 5) is 14.0. The molecule has 0 bridgehead atoms. The third-order valence-corrected chi connectivity index (χ3v) is 4.20. The minimum atomic E-state index is -0.852. The summed E-state index contributed by atoms with van der Waals surface area (Å²) in [5.41, 5.74) is 1.45. The van der Waals surface area contributed by atoms with Crippen molar-refractivity contribution < 1.29 is 22.8 Å². The zero-order valence-corrected chi connectivity index (χ0v) is 15.0. The Morgan fingerprint density at radius 2 is 2.15 bits per heavy atom. The lowest BCUT2D eigenvalue weighted by molar-refractivity contribution is -0.0287. The summed E-state index contributed by atoms with van der Waals surface area (Å²) >= 11 is 0. The summed E-state index contributed by atoms with van der Waals surface area (Å²) in [6.07, 6.45) is -0.178. The van der Waals surface area contributed by atoms with Gasteiger partial charge in [0.2, 0.25) is 0 Å². The Balaban J connectivity index is 1.41. The molecule has 1 aromatic heterocycles. The molecule has 146 valence electrons. The highest BCUT2D eigenvalue weighted by molar-refractivity contribution is 5.73. The average molecular weight is 380 g/mol. The quantitative estimate of drug-likeness (QED) is 0.801. The third-order valence-electron chi connectivity index (χ3n) is 4.20. The minimum absolute atomic E-state index is 0.178. The van der Waals surface area contributed by atoms with Gasteiger partial charge in [-0.2, -0.15) is 0 Å². The molecule has 0 radical (unpaired) electrons. The van der Waals surface area contributed by atoms with Gasteiger partial charge in [-0.3, -0.25) is 4.90 Å². The Hall–Kier alpha value is -2.52. The summed E-state index contributed by atoms with van der Waals surface area (Å²) in [5, 5.41) is 9.19. The molecule has 2 N–H and O–H groups in total. The maximum Gasteiger partial charge on any atom is 0.315 e. The normalized spacial score (nSPS) is 17.7. The number of halogens is 2. The van der Waals surface area contributed by atoms with Crippen molar-refractivity contribution in [3.8, 4) is 0 Å². The van der Waals surface area contributed by atoms with Gasteiger partial charge in [0.25, 0.3) is 0 Å². The molecule has 1 aliphatic heterocycles. The van der Waals surface area contributed by atoms with Crippen LogP contribution < -0.4 is 10.6 Å². The Bertz CT molecular complexity index is 784. The minimum Gasteiger partial charge on any atom is -0.374 e. The van der Waals surface area contributed by atoms with E-state index in [0.29, 0.717) is 44.1 Å². The van der Waals surface area contributed by atoms with Crippen LogP contribution in [0, 0.1) is 18.6 Å². The van der Waals surface area contributed by atoms with Crippen LogP contribution in [0.4, 0.5) is 13.6 Å². The van der Waals surface area contributed by atoms with Gasteiger partial charge in [0.05, 0.1) is 24.9 Å². The van der Waals surface area contributed by atoms with Crippen molar-refractivity contribution in [2.45, 2.75) is 26.1 Å². The van der Waals surface area contributed by atoms with Crippen LogP contribution >= 0.6 is 0 Å². The monoisotopic (exact) mass is 380 g/mol. The SMILES string of the molecule is Cc1cc(CNC(=O)NC[C@H]2CN(Cc3ccc(F)c(F)c3)CCO2)on1. The van der Waals surface area contributed by atoms with E-state index in [1.165, 1.54) is 6.07 Å². The molecule has 1 aliphatic rings. The number of rotatable bonds is 6. The molecule has 1 aromatic carbocycles. The topological polar surface area (TPSA) is 79.6 Å². The molecule has 3 rings (SSSR count). The second-order valence-corrected chi connectivity index (χ2v) is 6.47. The van der Waals surface area contributed by atoms with E-state index in [1.807, 2.05) is 0 Å². The van der Waals surface area contributed by atoms with E-state index < -0.39 is 11.6 Å². The molecule has 2 aromatic rings. The van der Waals surface area contributed by atoms with Gasteiger partial charge in [-0.05, 0) is 24.6 Å². The molecule has 2 amide bonds.